The highest BCUT2D eigenvalue weighted by Gasteiger charge is 2.49. The number of nitriles is 1. The van der Waals surface area contributed by atoms with Gasteiger partial charge in [-0.2, -0.15) is 5.26 Å². The Bertz CT molecular complexity index is 2280. The number of imide groups is 2. The number of halogens is 2. The Labute approximate surface area is 351 Å². The zero-order chi connectivity index (χ0) is 41.8. The van der Waals surface area contributed by atoms with Crippen molar-refractivity contribution in [3.8, 4) is 11.8 Å². The predicted molar refractivity (Wildman–Crippen MR) is 216 cm³/mol. The molecule has 0 spiro atoms. The van der Waals surface area contributed by atoms with Gasteiger partial charge in [0.1, 0.15) is 23.7 Å². The van der Waals surface area contributed by atoms with Gasteiger partial charge in [-0.25, -0.2) is 4.39 Å². The van der Waals surface area contributed by atoms with E-state index in [1.165, 1.54) is 11.0 Å². The van der Waals surface area contributed by atoms with Crippen molar-refractivity contribution < 1.29 is 33.1 Å². The summed E-state index contributed by atoms with van der Waals surface area (Å²) < 4.78 is 21.9. The number of aromatic nitrogens is 2. The van der Waals surface area contributed by atoms with Gasteiger partial charge in [-0.3, -0.25) is 38.7 Å². The van der Waals surface area contributed by atoms with Crippen LogP contribution < -0.4 is 20.3 Å². The van der Waals surface area contributed by atoms with Gasteiger partial charge in [-0.15, -0.1) is 10.2 Å². The Balaban J connectivity index is 0.802. The molecule has 5 fully saturated rings. The quantitative estimate of drug-likeness (QED) is 0.302. The van der Waals surface area contributed by atoms with Crippen molar-refractivity contribution in [1.29, 1.82) is 5.26 Å². The van der Waals surface area contributed by atoms with Crippen LogP contribution in [0.25, 0.3) is 0 Å². The van der Waals surface area contributed by atoms with E-state index in [-0.39, 0.29) is 47.4 Å². The largest absolute Gasteiger partial charge is 0.490 e. The van der Waals surface area contributed by atoms with Crippen LogP contribution in [-0.2, 0) is 9.59 Å². The molecule has 312 valence electrons. The molecule has 9 rings (SSSR count). The smallest absolute Gasteiger partial charge is 0.269 e. The maximum Gasteiger partial charge on any atom is 0.269 e. The fraction of sp³-hybridized carbons (Fsp3) is 0.488. The summed E-state index contributed by atoms with van der Waals surface area (Å²) in [4.78, 5) is 75.3. The maximum atomic E-state index is 15.8. The topological polar surface area (TPSA) is 186 Å². The Morgan fingerprint density at radius 3 is 2.17 bits per heavy atom. The lowest BCUT2D eigenvalue weighted by atomic mass is 9.89. The SMILES string of the molecule is N#Cc1ccc(OC2CCC(N3C(=O)CC[C@@H](N4C(=O)c5cc(F)c(N6CCC(CN7C[C@H]8CC[C@H](C7)N8c7ccc(C(N)=O)nn7)CC6)cc5C4=O)C3=O)CC2)cc1Cl. The molecule has 1 saturated carbocycles. The fourth-order valence-electron chi connectivity index (χ4n) is 10.3. The van der Waals surface area contributed by atoms with E-state index in [2.05, 4.69) is 20.0 Å². The normalized spacial score (nSPS) is 26.1. The molecule has 1 aliphatic carbocycles. The lowest BCUT2D eigenvalue weighted by Gasteiger charge is -2.43. The van der Waals surface area contributed by atoms with Crippen LogP contribution in [0.5, 0.6) is 5.75 Å². The third-order valence-corrected chi connectivity index (χ3v) is 13.6. The average molecular weight is 838 g/mol. The highest BCUT2D eigenvalue weighted by molar-refractivity contribution is 6.31. The summed E-state index contributed by atoms with van der Waals surface area (Å²) in [5.41, 5.74) is 6.09. The number of piperazine rings is 1. The molecule has 1 aromatic heterocycles. The van der Waals surface area contributed by atoms with Gasteiger partial charge in [-0.1, -0.05) is 11.6 Å². The molecule has 15 nitrogen and oxygen atoms in total. The number of primary amides is 1. The van der Waals surface area contributed by atoms with E-state index in [1.54, 1.807) is 24.3 Å². The van der Waals surface area contributed by atoms with E-state index in [0.717, 1.165) is 62.1 Å². The molecule has 3 aromatic rings. The molecule has 17 heteroatoms. The number of anilines is 2. The molecule has 60 heavy (non-hydrogen) atoms. The lowest BCUT2D eigenvalue weighted by Crippen LogP contribution is -2.59. The van der Waals surface area contributed by atoms with Gasteiger partial charge >= 0.3 is 0 Å². The highest BCUT2D eigenvalue weighted by atomic mass is 35.5. The number of hydrogen-bond donors (Lipinski definition) is 1. The van der Waals surface area contributed by atoms with Crippen LogP contribution in [0, 0.1) is 23.1 Å². The van der Waals surface area contributed by atoms with Gasteiger partial charge in [0.25, 0.3) is 23.6 Å². The minimum absolute atomic E-state index is 0.00355. The monoisotopic (exact) mass is 837 g/mol. The molecular weight excluding hydrogens is 793 g/mol. The van der Waals surface area contributed by atoms with Crippen molar-refractivity contribution in [2.24, 2.45) is 11.7 Å². The van der Waals surface area contributed by atoms with Crippen LogP contribution in [0.3, 0.4) is 0 Å². The van der Waals surface area contributed by atoms with Crippen molar-refractivity contribution in [1.82, 2.24) is 24.9 Å². The van der Waals surface area contributed by atoms with E-state index in [1.807, 2.05) is 17.0 Å². The van der Waals surface area contributed by atoms with Gasteiger partial charge < -0.3 is 20.3 Å². The molecule has 6 aliphatic rings. The van der Waals surface area contributed by atoms with Crippen molar-refractivity contribution in [2.75, 3.05) is 42.5 Å². The van der Waals surface area contributed by atoms with E-state index in [9.17, 15) is 24.0 Å². The number of nitrogens with zero attached hydrogens (tertiary/aromatic N) is 8. The summed E-state index contributed by atoms with van der Waals surface area (Å²) in [5, 5.41) is 17.7. The van der Waals surface area contributed by atoms with E-state index < -0.39 is 41.5 Å². The molecule has 3 atom stereocenters. The summed E-state index contributed by atoms with van der Waals surface area (Å²) in [6.07, 6.45) is 5.68. The highest BCUT2D eigenvalue weighted by Crippen LogP contribution is 2.38. The molecule has 0 unspecified atom stereocenters. The molecule has 2 bridgehead atoms. The van der Waals surface area contributed by atoms with Crippen LogP contribution in [0.2, 0.25) is 5.02 Å². The van der Waals surface area contributed by atoms with E-state index in [0.29, 0.717) is 73.1 Å². The number of rotatable bonds is 9. The average Bonchev–Trinajstić information content (AvgIpc) is 3.65. The Hall–Kier alpha value is -5.66. The third kappa shape index (κ3) is 7.31. The van der Waals surface area contributed by atoms with Gasteiger partial charge in [0, 0.05) is 63.3 Å². The predicted octanol–water partition coefficient (Wildman–Crippen LogP) is 4.31. The molecule has 0 radical (unpaired) electrons. The molecule has 5 aliphatic heterocycles. The third-order valence-electron chi connectivity index (χ3n) is 13.3. The number of carbonyl (C=O) groups excluding carboxylic acids is 5. The van der Waals surface area contributed by atoms with Crippen LogP contribution >= 0.6 is 11.6 Å². The van der Waals surface area contributed by atoms with E-state index in [4.69, 9.17) is 27.3 Å². The number of amides is 5. The second-order valence-corrected chi connectivity index (χ2v) is 17.3. The maximum absolute atomic E-state index is 15.8. The molecule has 4 saturated heterocycles. The Morgan fingerprint density at radius 2 is 1.53 bits per heavy atom. The molecule has 6 heterocycles. The van der Waals surface area contributed by atoms with E-state index >= 15 is 4.39 Å². The van der Waals surface area contributed by atoms with Gasteiger partial charge in [0.2, 0.25) is 5.91 Å². The van der Waals surface area contributed by atoms with Crippen LogP contribution in [0.4, 0.5) is 15.9 Å². The van der Waals surface area contributed by atoms with Gasteiger partial charge in [0.05, 0.1) is 33.5 Å². The molecule has 2 N–H and O–H groups in total. The lowest BCUT2D eigenvalue weighted by molar-refractivity contribution is -0.155. The zero-order valence-electron chi connectivity index (χ0n) is 33.0. The number of carbonyl (C=O) groups is 5. The van der Waals surface area contributed by atoms with Crippen LogP contribution in [-0.4, -0.2) is 117 Å². The fourth-order valence-corrected chi connectivity index (χ4v) is 10.5. The minimum atomic E-state index is -1.17. The first-order valence-electron chi connectivity index (χ1n) is 20.8. The number of hydrogen-bond acceptors (Lipinski definition) is 12. The summed E-state index contributed by atoms with van der Waals surface area (Å²) >= 11 is 6.17. The first-order chi connectivity index (χ1) is 29.0. The summed E-state index contributed by atoms with van der Waals surface area (Å²) in [6.45, 7) is 3.89. The first kappa shape index (κ1) is 39.8. The van der Waals surface area contributed by atoms with Crippen molar-refractivity contribution in [2.45, 2.75) is 94.5 Å². The minimum Gasteiger partial charge on any atom is -0.490 e. The number of likely N-dealkylation sites (tertiary alicyclic amines) is 2. The van der Waals surface area contributed by atoms with Crippen LogP contribution in [0.1, 0.15) is 101 Å². The van der Waals surface area contributed by atoms with Crippen molar-refractivity contribution in [3.63, 3.8) is 0 Å². The zero-order valence-corrected chi connectivity index (χ0v) is 33.7. The molecule has 5 amide bonds. The second-order valence-electron chi connectivity index (χ2n) is 16.9. The number of benzene rings is 2. The van der Waals surface area contributed by atoms with Gasteiger partial charge in [-0.05, 0) is 100 Å². The summed E-state index contributed by atoms with van der Waals surface area (Å²) in [5.74, 6) is -1.81. The summed E-state index contributed by atoms with van der Waals surface area (Å²) in [7, 11) is 0. The Kier molecular flexibility index (Phi) is 10.7. The summed E-state index contributed by atoms with van der Waals surface area (Å²) in [6, 6.07) is 11.9. The second kappa shape index (κ2) is 16.1. The molecule has 2 aromatic carbocycles. The van der Waals surface area contributed by atoms with Crippen molar-refractivity contribution in [3.05, 3.63) is 75.7 Å². The van der Waals surface area contributed by atoms with Crippen LogP contribution in [0.15, 0.2) is 42.5 Å². The number of nitrogens with two attached hydrogens (primary N) is 1. The standard InChI is InChI=1S/C43H45ClFN9O6/c44-33-17-30(6-1-25(33)20-46)60-29-7-4-26(5-8-29)53-39(55)12-10-36(43(53)59)54-41(57)31-18-34(45)37(19-32(31)42(54)58)51-15-13-24(14-16-51)21-50-22-27-2-3-28(23-50)52(27)38-11-9-35(40(47)56)48-49-38/h1,6,9,11,17-19,24,26-29,36H,2-5,7-8,10,12-16,21-23H2,(H2,47,56)/t26?,27-,28-,29?,36-/m1/s1. The number of fused-ring (bicyclic) bond motifs is 3. The number of piperidine rings is 2. The first-order valence-corrected chi connectivity index (χ1v) is 21.2. The Morgan fingerprint density at radius 1 is 0.850 bits per heavy atom. The van der Waals surface area contributed by atoms with Crippen molar-refractivity contribution >= 4 is 52.6 Å². The van der Waals surface area contributed by atoms with Gasteiger partial charge in [0.15, 0.2) is 11.5 Å². The number of ether oxygens (including phenoxy) is 1. The molecular formula is C43H45ClFN9O6.